The number of rotatable bonds is 3. The number of benzene rings is 1. The van der Waals surface area contributed by atoms with Crippen molar-refractivity contribution in [3.8, 4) is 11.5 Å². The van der Waals surface area contributed by atoms with Gasteiger partial charge in [0.15, 0.2) is 11.5 Å². The molecule has 1 aliphatic rings. The molecule has 19 heavy (non-hydrogen) atoms. The van der Waals surface area contributed by atoms with Crippen molar-refractivity contribution in [1.29, 1.82) is 0 Å². The lowest BCUT2D eigenvalue weighted by Crippen LogP contribution is -2.24. The van der Waals surface area contributed by atoms with Gasteiger partial charge in [0, 0.05) is 17.4 Å². The van der Waals surface area contributed by atoms with E-state index in [2.05, 4.69) is 33.8 Å². The van der Waals surface area contributed by atoms with Crippen molar-refractivity contribution in [3.05, 3.63) is 23.3 Å². The van der Waals surface area contributed by atoms with Gasteiger partial charge < -0.3 is 14.6 Å². The van der Waals surface area contributed by atoms with Crippen molar-refractivity contribution < 1.29 is 14.6 Å². The fourth-order valence-corrected chi connectivity index (χ4v) is 2.51. The van der Waals surface area contributed by atoms with Gasteiger partial charge in [0.25, 0.3) is 0 Å². The van der Waals surface area contributed by atoms with Crippen molar-refractivity contribution in [2.24, 2.45) is 0 Å². The summed E-state index contributed by atoms with van der Waals surface area (Å²) < 4.78 is 11.7. The van der Waals surface area contributed by atoms with Crippen LogP contribution in [0.2, 0.25) is 0 Å². The van der Waals surface area contributed by atoms with Gasteiger partial charge in [-0.1, -0.05) is 33.8 Å². The van der Waals surface area contributed by atoms with Crippen molar-refractivity contribution in [2.45, 2.75) is 45.4 Å². The first-order chi connectivity index (χ1) is 8.97. The number of hydrogen-bond donors (Lipinski definition) is 1. The van der Waals surface area contributed by atoms with Crippen LogP contribution < -0.4 is 9.47 Å². The topological polar surface area (TPSA) is 38.7 Å². The second-order valence-corrected chi connectivity index (χ2v) is 6.10. The summed E-state index contributed by atoms with van der Waals surface area (Å²) in [4.78, 5) is 0. The van der Waals surface area contributed by atoms with Crippen LogP contribution in [-0.4, -0.2) is 24.9 Å². The molecule has 0 atom stereocenters. The standard InChI is InChI=1S/C16H24O3/c1-11(2)14-12(16(3,4)10-17)6-7-13-15(14)19-9-5-8-18-13/h6-7,11,17H,5,8-10H2,1-4H3. The fraction of sp³-hybridized carbons (Fsp3) is 0.625. The van der Waals surface area contributed by atoms with Gasteiger partial charge in [0.05, 0.1) is 19.8 Å². The molecule has 0 fully saturated rings. The molecule has 0 amide bonds. The normalized spacial score (nSPS) is 15.5. The first-order valence-electron chi connectivity index (χ1n) is 7.01. The summed E-state index contributed by atoms with van der Waals surface area (Å²) in [7, 11) is 0. The van der Waals surface area contributed by atoms with Crippen LogP contribution in [0.5, 0.6) is 11.5 Å². The lowest BCUT2D eigenvalue weighted by Gasteiger charge is -2.29. The summed E-state index contributed by atoms with van der Waals surface area (Å²) >= 11 is 0. The van der Waals surface area contributed by atoms with Gasteiger partial charge in [-0.15, -0.1) is 0 Å². The molecule has 0 radical (unpaired) electrons. The molecule has 1 N–H and O–H groups in total. The Balaban J connectivity index is 2.60. The molecule has 1 aromatic carbocycles. The summed E-state index contributed by atoms with van der Waals surface area (Å²) in [6.07, 6.45) is 0.908. The van der Waals surface area contributed by atoms with Crippen LogP contribution in [0.25, 0.3) is 0 Å². The van der Waals surface area contributed by atoms with E-state index in [1.807, 2.05) is 6.07 Å². The highest BCUT2D eigenvalue weighted by molar-refractivity contribution is 5.54. The largest absolute Gasteiger partial charge is 0.490 e. The third-order valence-electron chi connectivity index (χ3n) is 3.65. The van der Waals surface area contributed by atoms with E-state index in [1.165, 1.54) is 5.56 Å². The van der Waals surface area contributed by atoms with Crippen LogP contribution in [0.1, 0.15) is 51.2 Å². The maximum absolute atomic E-state index is 9.64. The number of hydrogen-bond acceptors (Lipinski definition) is 3. The Bertz CT molecular complexity index is 450. The van der Waals surface area contributed by atoms with Crippen molar-refractivity contribution in [1.82, 2.24) is 0 Å². The second kappa shape index (κ2) is 5.41. The molecule has 0 bridgehead atoms. The van der Waals surface area contributed by atoms with Crippen LogP contribution >= 0.6 is 0 Å². The van der Waals surface area contributed by atoms with E-state index in [0.717, 1.165) is 23.5 Å². The minimum atomic E-state index is -0.274. The smallest absolute Gasteiger partial charge is 0.164 e. The Morgan fingerprint density at radius 1 is 1.21 bits per heavy atom. The van der Waals surface area contributed by atoms with Gasteiger partial charge in [-0.2, -0.15) is 0 Å². The van der Waals surface area contributed by atoms with Crippen LogP contribution in [0.3, 0.4) is 0 Å². The predicted molar refractivity (Wildman–Crippen MR) is 76.2 cm³/mol. The zero-order valence-corrected chi connectivity index (χ0v) is 12.3. The molecule has 0 saturated heterocycles. The van der Waals surface area contributed by atoms with Crippen LogP contribution in [0, 0.1) is 0 Å². The van der Waals surface area contributed by atoms with E-state index in [0.29, 0.717) is 19.1 Å². The highest BCUT2D eigenvalue weighted by Crippen LogP contribution is 2.43. The zero-order valence-electron chi connectivity index (χ0n) is 12.3. The molecule has 0 spiro atoms. The molecule has 1 aromatic rings. The average molecular weight is 264 g/mol. The van der Waals surface area contributed by atoms with E-state index in [-0.39, 0.29) is 12.0 Å². The average Bonchev–Trinajstić information content (AvgIpc) is 2.62. The molecule has 3 heteroatoms. The quantitative estimate of drug-likeness (QED) is 0.911. The summed E-state index contributed by atoms with van der Waals surface area (Å²) in [6.45, 7) is 9.92. The highest BCUT2D eigenvalue weighted by Gasteiger charge is 2.28. The number of ether oxygens (including phenoxy) is 2. The van der Waals surface area contributed by atoms with Crippen molar-refractivity contribution in [3.63, 3.8) is 0 Å². The molecular weight excluding hydrogens is 240 g/mol. The molecule has 0 aliphatic carbocycles. The minimum absolute atomic E-state index is 0.117. The van der Waals surface area contributed by atoms with E-state index < -0.39 is 0 Å². The SMILES string of the molecule is CC(C)c1c(C(C)(C)CO)ccc2c1OCCCO2. The molecule has 0 saturated carbocycles. The van der Waals surface area contributed by atoms with Gasteiger partial charge in [-0.3, -0.25) is 0 Å². The first-order valence-corrected chi connectivity index (χ1v) is 7.01. The van der Waals surface area contributed by atoms with Crippen molar-refractivity contribution in [2.75, 3.05) is 19.8 Å². The summed E-state index contributed by atoms with van der Waals surface area (Å²) in [5.74, 6) is 2.03. The van der Waals surface area contributed by atoms with Crippen molar-refractivity contribution >= 4 is 0 Å². The van der Waals surface area contributed by atoms with Gasteiger partial charge >= 0.3 is 0 Å². The summed E-state index contributed by atoms with van der Waals surface area (Å²) in [5, 5.41) is 9.64. The van der Waals surface area contributed by atoms with Gasteiger partial charge in [0.2, 0.25) is 0 Å². The van der Waals surface area contributed by atoms with E-state index >= 15 is 0 Å². The molecule has 106 valence electrons. The third kappa shape index (κ3) is 2.71. The number of aliphatic hydroxyl groups is 1. The maximum atomic E-state index is 9.64. The van der Waals surface area contributed by atoms with E-state index in [9.17, 15) is 5.11 Å². The van der Waals surface area contributed by atoms with Gasteiger partial charge in [-0.05, 0) is 17.5 Å². The lowest BCUT2D eigenvalue weighted by molar-refractivity contribution is 0.216. The molecule has 0 unspecified atom stereocenters. The zero-order chi connectivity index (χ0) is 14.0. The Kier molecular flexibility index (Phi) is 4.04. The molecule has 1 heterocycles. The predicted octanol–water partition coefficient (Wildman–Crippen LogP) is 3.24. The molecule has 0 aromatic heterocycles. The number of fused-ring (bicyclic) bond motifs is 1. The molecular formula is C16H24O3. The van der Waals surface area contributed by atoms with E-state index in [1.54, 1.807) is 0 Å². The van der Waals surface area contributed by atoms with Crippen LogP contribution in [0.15, 0.2) is 12.1 Å². The van der Waals surface area contributed by atoms with Crippen LogP contribution in [0.4, 0.5) is 0 Å². The lowest BCUT2D eigenvalue weighted by atomic mass is 9.79. The highest BCUT2D eigenvalue weighted by atomic mass is 16.5. The molecule has 2 rings (SSSR count). The summed E-state index contributed by atoms with van der Waals surface area (Å²) in [5.41, 5.74) is 2.04. The third-order valence-corrected chi connectivity index (χ3v) is 3.65. The monoisotopic (exact) mass is 264 g/mol. The fourth-order valence-electron chi connectivity index (χ4n) is 2.51. The number of aliphatic hydroxyl groups excluding tert-OH is 1. The van der Waals surface area contributed by atoms with Gasteiger partial charge in [-0.25, -0.2) is 0 Å². The van der Waals surface area contributed by atoms with E-state index in [4.69, 9.17) is 9.47 Å². The first kappa shape index (κ1) is 14.2. The summed E-state index contributed by atoms with van der Waals surface area (Å²) in [6, 6.07) is 4.04. The molecule has 3 nitrogen and oxygen atoms in total. The second-order valence-electron chi connectivity index (χ2n) is 6.10. The minimum Gasteiger partial charge on any atom is -0.490 e. The Hall–Kier alpha value is -1.22. The Morgan fingerprint density at radius 2 is 1.89 bits per heavy atom. The molecule has 1 aliphatic heterocycles. The van der Waals surface area contributed by atoms with Gasteiger partial charge in [0.1, 0.15) is 0 Å². The Morgan fingerprint density at radius 3 is 2.53 bits per heavy atom. The Labute approximate surface area is 115 Å². The van der Waals surface area contributed by atoms with Crippen LogP contribution in [-0.2, 0) is 5.41 Å². The maximum Gasteiger partial charge on any atom is 0.164 e.